The van der Waals surface area contributed by atoms with E-state index >= 15 is 0 Å². The Balaban J connectivity index is 1.47. The highest BCUT2D eigenvalue weighted by Crippen LogP contribution is 2.36. The van der Waals surface area contributed by atoms with E-state index in [0.717, 1.165) is 19.3 Å². The molecule has 0 bridgehead atoms. The average molecular weight is 357 g/mol. The zero-order valence-corrected chi connectivity index (χ0v) is 13.8. The molecule has 1 fully saturated rings. The van der Waals surface area contributed by atoms with Crippen LogP contribution in [0.25, 0.3) is 11.5 Å². The molecule has 1 aliphatic rings. The second kappa shape index (κ2) is 7.15. The van der Waals surface area contributed by atoms with Gasteiger partial charge in [0.2, 0.25) is 5.95 Å². The second-order valence-corrected chi connectivity index (χ2v) is 6.24. The van der Waals surface area contributed by atoms with Crippen molar-refractivity contribution in [1.29, 1.82) is 0 Å². The molecule has 26 heavy (non-hydrogen) atoms. The van der Waals surface area contributed by atoms with Crippen LogP contribution in [0.15, 0.2) is 47.1 Å². The van der Waals surface area contributed by atoms with E-state index in [1.54, 1.807) is 0 Å². The van der Waals surface area contributed by atoms with Gasteiger partial charge < -0.3 is 9.73 Å². The van der Waals surface area contributed by atoms with Crippen LogP contribution < -0.4 is 5.32 Å². The molecular formula is C18H17F2N5O. The number of benzene rings is 1. The van der Waals surface area contributed by atoms with Crippen molar-refractivity contribution in [3.8, 4) is 11.5 Å². The van der Waals surface area contributed by atoms with Gasteiger partial charge in [-0.15, -0.1) is 10.2 Å². The summed E-state index contributed by atoms with van der Waals surface area (Å²) in [6.07, 6.45) is 3.50. The number of rotatable bonds is 5. The molecule has 0 saturated heterocycles. The first-order chi connectivity index (χ1) is 12.7. The lowest BCUT2D eigenvalue weighted by Gasteiger charge is -2.21. The Kier molecular flexibility index (Phi) is 4.55. The summed E-state index contributed by atoms with van der Waals surface area (Å²) >= 11 is 0. The summed E-state index contributed by atoms with van der Waals surface area (Å²) in [6, 6.07) is 10.7. The van der Waals surface area contributed by atoms with Gasteiger partial charge >= 0.3 is 6.43 Å². The highest BCUT2D eigenvalue weighted by atomic mass is 19.3. The van der Waals surface area contributed by atoms with Crippen LogP contribution in [0, 0.1) is 0 Å². The SMILES string of the molecule is FC(F)c1nnc(-c2cnc(NC3CCCC3c3ccccc3)nc2)o1. The molecular weight excluding hydrogens is 340 g/mol. The first-order valence-corrected chi connectivity index (χ1v) is 8.46. The Hall–Kier alpha value is -2.90. The number of anilines is 1. The fourth-order valence-corrected chi connectivity index (χ4v) is 3.35. The molecule has 1 saturated carbocycles. The van der Waals surface area contributed by atoms with Crippen molar-refractivity contribution in [2.24, 2.45) is 0 Å². The number of nitrogens with zero attached hydrogens (tertiary/aromatic N) is 4. The Bertz CT molecular complexity index is 854. The van der Waals surface area contributed by atoms with Crippen molar-refractivity contribution in [2.45, 2.75) is 37.6 Å². The highest BCUT2D eigenvalue weighted by molar-refractivity contribution is 5.50. The van der Waals surface area contributed by atoms with Gasteiger partial charge in [0.25, 0.3) is 11.8 Å². The number of aromatic nitrogens is 4. The summed E-state index contributed by atoms with van der Waals surface area (Å²) in [5.74, 6) is 0.188. The zero-order chi connectivity index (χ0) is 17.9. The maximum Gasteiger partial charge on any atom is 0.314 e. The summed E-state index contributed by atoms with van der Waals surface area (Å²) in [5, 5.41) is 10.3. The van der Waals surface area contributed by atoms with Crippen molar-refractivity contribution in [3.63, 3.8) is 0 Å². The van der Waals surface area contributed by atoms with Gasteiger partial charge in [0.05, 0.1) is 5.56 Å². The van der Waals surface area contributed by atoms with Crippen LogP contribution in [0.2, 0.25) is 0 Å². The molecule has 3 aromatic rings. The van der Waals surface area contributed by atoms with E-state index in [9.17, 15) is 8.78 Å². The molecule has 1 N–H and O–H groups in total. The number of halogens is 2. The molecule has 0 radical (unpaired) electrons. The molecule has 2 heterocycles. The zero-order valence-electron chi connectivity index (χ0n) is 13.8. The number of nitrogens with one attached hydrogen (secondary N) is 1. The van der Waals surface area contributed by atoms with E-state index in [1.165, 1.54) is 18.0 Å². The normalized spacial score (nSPS) is 19.8. The topological polar surface area (TPSA) is 76.7 Å². The van der Waals surface area contributed by atoms with E-state index < -0.39 is 12.3 Å². The van der Waals surface area contributed by atoms with Gasteiger partial charge in [-0.25, -0.2) is 9.97 Å². The maximum atomic E-state index is 12.5. The van der Waals surface area contributed by atoms with Gasteiger partial charge in [-0.05, 0) is 18.4 Å². The van der Waals surface area contributed by atoms with Crippen molar-refractivity contribution in [3.05, 3.63) is 54.2 Å². The minimum atomic E-state index is -2.80. The average Bonchev–Trinajstić information content (AvgIpc) is 3.33. The summed E-state index contributed by atoms with van der Waals surface area (Å²) in [5.41, 5.74) is 1.71. The van der Waals surface area contributed by atoms with Gasteiger partial charge in [0.15, 0.2) is 0 Å². The third kappa shape index (κ3) is 3.40. The lowest BCUT2D eigenvalue weighted by atomic mass is 9.94. The predicted octanol–water partition coefficient (Wildman–Crippen LogP) is 4.21. The van der Waals surface area contributed by atoms with Gasteiger partial charge in [0, 0.05) is 24.4 Å². The van der Waals surface area contributed by atoms with Crippen LogP contribution in [0.4, 0.5) is 14.7 Å². The van der Waals surface area contributed by atoms with Crippen molar-refractivity contribution < 1.29 is 13.2 Å². The monoisotopic (exact) mass is 357 g/mol. The maximum absolute atomic E-state index is 12.5. The number of alkyl halides is 2. The standard InChI is InChI=1S/C18H17F2N5O/c19-15(20)17-25-24-16(26-17)12-9-21-18(22-10-12)23-14-8-4-7-13(14)11-5-2-1-3-6-11/h1-3,5-6,9-10,13-15H,4,7-8H2,(H,21,22,23). The fourth-order valence-electron chi connectivity index (χ4n) is 3.35. The van der Waals surface area contributed by atoms with E-state index in [1.807, 2.05) is 18.2 Å². The third-order valence-electron chi connectivity index (χ3n) is 4.58. The lowest BCUT2D eigenvalue weighted by molar-refractivity contribution is 0.116. The summed E-state index contributed by atoms with van der Waals surface area (Å²) in [7, 11) is 0. The molecule has 8 heteroatoms. The summed E-state index contributed by atoms with van der Waals surface area (Å²) in [4.78, 5) is 8.53. The Labute approximate surface area is 148 Å². The first kappa shape index (κ1) is 16.6. The molecule has 4 rings (SSSR count). The number of hydrogen-bond donors (Lipinski definition) is 1. The third-order valence-corrected chi connectivity index (χ3v) is 4.58. The molecule has 0 aliphatic heterocycles. The molecule has 0 spiro atoms. The van der Waals surface area contributed by atoms with Crippen LogP contribution in [0.1, 0.15) is 43.1 Å². The first-order valence-electron chi connectivity index (χ1n) is 8.46. The fraction of sp³-hybridized carbons (Fsp3) is 0.333. The summed E-state index contributed by atoms with van der Waals surface area (Å²) in [6.45, 7) is 0. The molecule has 2 aromatic heterocycles. The Morgan fingerprint density at radius 3 is 2.50 bits per heavy atom. The molecule has 1 aromatic carbocycles. The molecule has 6 nitrogen and oxygen atoms in total. The van der Waals surface area contributed by atoms with Crippen molar-refractivity contribution in [2.75, 3.05) is 5.32 Å². The second-order valence-electron chi connectivity index (χ2n) is 6.24. The molecule has 2 unspecified atom stereocenters. The Morgan fingerprint density at radius 2 is 1.81 bits per heavy atom. The smallest absolute Gasteiger partial charge is 0.314 e. The van der Waals surface area contributed by atoms with Crippen molar-refractivity contribution >= 4 is 5.95 Å². The van der Waals surface area contributed by atoms with E-state index in [2.05, 4.69) is 37.6 Å². The minimum absolute atomic E-state index is 0.0186. The molecule has 134 valence electrons. The summed E-state index contributed by atoms with van der Waals surface area (Å²) < 4.78 is 30.0. The minimum Gasteiger partial charge on any atom is -0.415 e. The van der Waals surface area contributed by atoms with Crippen LogP contribution >= 0.6 is 0 Å². The molecule has 1 aliphatic carbocycles. The quantitative estimate of drug-likeness (QED) is 0.737. The van der Waals surface area contributed by atoms with Crippen LogP contribution in [-0.4, -0.2) is 26.2 Å². The van der Waals surface area contributed by atoms with Gasteiger partial charge in [0.1, 0.15) is 0 Å². The van der Waals surface area contributed by atoms with E-state index in [4.69, 9.17) is 4.42 Å². The largest absolute Gasteiger partial charge is 0.415 e. The van der Waals surface area contributed by atoms with Gasteiger partial charge in [-0.3, -0.25) is 0 Å². The molecule has 2 atom stereocenters. The molecule has 0 amide bonds. The van der Waals surface area contributed by atoms with Crippen LogP contribution in [0.5, 0.6) is 0 Å². The number of hydrogen-bond acceptors (Lipinski definition) is 6. The lowest BCUT2D eigenvalue weighted by Crippen LogP contribution is -2.23. The van der Waals surface area contributed by atoms with Crippen LogP contribution in [-0.2, 0) is 0 Å². The predicted molar refractivity (Wildman–Crippen MR) is 90.7 cm³/mol. The van der Waals surface area contributed by atoms with Gasteiger partial charge in [-0.2, -0.15) is 8.78 Å². The Morgan fingerprint density at radius 1 is 1.04 bits per heavy atom. The van der Waals surface area contributed by atoms with E-state index in [0.29, 0.717) is 17.4 Å². The van der Waals surface area contributed by atoms with Crippen molar-refractivity contribution in [1.82, 2.24) is 20.2 Å². The van der Waals surface area contributed by atoms with Crippen LogP contribution in [0.3, 0.4) is 0 Å². The van der Waals surface area contributed by atoms with E-state index in [-0.39, 0.29) is 11.9 Å². The highest BCUT2D eigenvalue weighted by Gasteiger charge is 2.29. The van der Waals surface area contributed by atoms with Gasteiger partial charge in [-0.1, -0.05) is 36.8 Å².